The van der Waals surface area contributed by atoms with Gasteiger partial charge in [-0.25, -0.2) is 4.68 Å². The quantitative estimate of drug-likeness (QED) is 0.894. The van der Waals surface area contributed by atoms with Crippen molar-refractivity contribution < 1.29 is 9.59 Å². The Morgan fingerprint density at radius 2 is 2.21 bits per heavy atom. The van der Waals surface area contributed by atoms with E-state index in [2.05, 4.69) is 15.6 Å². The molecule has 1 atom stereocenters. The van der Waals surface area contributed by atoms with Crippen LogP contribution in [0, 0.1) is 6.92 Å². The highest BCUT2D eigenvalue weighted by Gasteiger charge is 2.31. The molecule has 0 spiro atoms. The second-order valence-electron chi connectivity index (χ2n) is 5.73. The molecule has 1 N–H and O–H groups in total. The number of aromatic nitrogens is 3. The summed E-state index contributed by atoms with van der Waals surface area (Å²) in [7, 11) is 0. The maximum Gasteiger partial charge on any atom is 0.277 e. The second kappa shape index (κ2) is 6.60. The van der Waals surface area contributed by atoms with Crippen LogP contribution in [0.5, 0.6) is 0 Å². The van der Waals surface area contributed by atoms with E-state index in [1.165, 1.54) is 0 Å². The van der Waals surface area contributed by atoms with Crippen LogP contribution in [-0.2, 0) is 4.79 Å². The van der Waals surface area contributed by atoms with E-state index in [1.807, 2.05) is 12.1 Å². The molecule has 1 aromatic carbocycles. The number of hydrogen-bond donors (Lipinski definition) is 1. The molecule has 0 radical (unpaired) electrons. The van der Waals surface area contributed by atoms with E-state index in [9.17, 15) is 9.59 Å². The van der Waals surface area contributed by atoms with E-state index < -0.39 is 6.04 Å². The third-order valence-corrected chi connectivity index (χ3v) is 4.37. The maximum atomic E-state index is 12.8. The van der Waals surface area contributed by atoms with Crippen LogP contribution in [0.2, 0.25) is 5.02 Å². The van der Waals surface area contributed by atoms with Crippen molar-refractivity contribution in [1.82, 2.24) is 25.2 Å². The molecular weight excluding hydrogens is 330 g/mol. The van der Waals surface area contributed by atoms with Gasteiger partial charge in [-0.1, -0.05) is 22.9 Å². The molecular formula is C16H18ClN5O2. The van der Waals surface area contributed by atoms with Crippen molar-refractivity contribution in [2.24, 2.45) is 0 Å². The summed E-state index contributed by atoms with van der Waals surface area (Å²) in [6.45, 7) is 4.56. The smallest absolute Gasteiger partial charge is 0.277 e. The van der Waals surface area contributed by atoms with Crippen molar-refractivity contribution in [3.63, 3.8) is 0 Å². The molecule has 1 saturated heterocycles. The number of nitrogens with zero attached hydrogens (tertiary/aromatic N) is 4. The van der Waals surface area contributed by atoms with Gasteiger partial charge in [-0.15, -0.1) is 5.10 Å². The molecule has 3 rings (SSSR count). The zero-order valence-corrected chi connectivity index (χ0v) is 14.2. The Hall–Kier alpha value is -2.41. The average Bonchev–Trinajstić information content (AvgIpc) is 2.86. The van der Waals surface area contributed by atoms with E-state index in [1.54, 1.807) is 35.6 Å². The van der Waals surface area contributed by atoms with Gasteiger partial charge in [0.2, 0.25) is 5.91 Å². The summed E-state index contributed by atoms with van der Waals surface area (Å²) in [6.07, 6.45) is 0.712. The second-order valence-corrected chi connectivity index (χ2v) is 6.17. The van der Waals surface area contributed by atoms with Crippen molar-refractivity contribution in [3.05, 3.63) is 40.7 Å². The minimum Gasteiger partial charge on any atom is -0.354 e. The highest BCUT2D eigenvalue weighted by atomic mass is 35.5. The fraction of sp³-hybridized carbons (Fsp3) is 0.375. The number of carbonyl (C=O) groups is 2. The van der Waals surface area contributed by atoms with Crippen LogP contribution >= 0.6 is 11.6 Å². The summed E-state index contributed by atoms with van der Waals surface area (Å²) in [4.78, 5) is 26.3. The van der Waals surface area contributed by atoms with Crippen LogP contribution in [0.3, 0.4) is 0 Å². The first-order valence-electron chi connectivity index (χ1n) is 7.76. The zero-order valence-electron chi connectivity index (χ0n) is 13.5. The van der Waals surface area contributed by atoms with E-state index in [4.69, 9.17) is 11.6 Å². The number of halogens is 1. The molecule has 0 aliphatic carbocycles. The fourth-order valence-electron chi connectivity index (χ4n) is 2.74. The third kappa shape index (κ3) is 2.99. The highest BCUT2D eigenvalue weighted by molar-refractivity contribution is 6.30. The van der Waals surface area contributed by atoms with Gasteiger partial charge in [0.15, 0.2) is 5.69 Å². The van der Waals surface area contributed by atoms with Crippen LogP contribution in [0.15, 0.2) is 24.3 Å². The Labute approximate surface area is 144 Å². The Morgan fingerprint density at radius 1 is 1.42 bits per heavy atom. The molecule has 1 fully saturated rings. The van der Waals surface area contributed by atoms with Gasteiger partial charge >= 0.3 is 0 Å². The summed E-state index contributed by atoms with van der Waals surface area (Å²) in [5.74, 6) is -0.439. The van der Waals surface area contributed by atoms with Crippen molar-refractivity contribution >= 4 is 23.4 Å². The van der Waals surface area contributed by atoms with Crippen LogP contribution in [0.4, 0.5) is 0 Å². The van der Waals surface area contributed by atoms with Crippen LogP contribution in [-0.4, -0.2) is 50.8 Å². The van der Waals surface area contributed by atoms with Gasteiger partial charge in [-0.2, -0.15) is 0 Å². The van der Waals surface area contributed by atoms with Gasteiger partial charge in [0.05, 0.1) is 11.4 Å². The topological polar surface area (TPSA) is 80.1 Å². The normalized spacial score (nSPS) is 18.2. The molecule has 1 aliphatic rings. The Kier molecular flexibility index (Phi) is 4.53. The average molecular weight is 348 g/mol. The lowest BCUT2D eigenvalue weighted by Crippen LogP contribution is -2.45. The molecule has 2 aromatic rings. The lowest BCUT2D eigenvalue weighted by atomic mass is 10.2. The fourth-order valence-corrected chi connectivity index (χ4v) is 2.92. The molecule has 24 heavy (non-hydrogen) atoms. The van der Waals surface area contributed by atoms with Crippen LogP contribution < -0.4 is 5.32 Å². The van der Waals surface area contributed by atoms with E-state index in [0.29, 0.717) is 30.2 Å². The van der Waals surface area contributed by atoms with Crippen LogP contribution in [0.1, 0.15) is 29.5 Å². The molecule has 0 saturated carbocycles. The number of hydrogen-bond acceptors (Lipinski definition) is 4. The predicted octanol–water partition coefficient (Wildman–Crippen LogP) is 1.58. The molecule has 2 amide bonds. The van der Waals surface area contributed by atoms with Crippen LogP contribution in [0.25, 0.3) is 5.69 Å². The molecule has 2 heterocycles. The Balaban J connectivity index is 1.92. The third-order valence-electron chi connectivity index (χ3n) is 4.13. The molecule has 8 heteroatoms. The number of benzene rings is 1. The summed E-state index contributed by atoms with van der Waals surface area (Å²) < 4.78 is 1.57. The summed E-state index contributed by atoms with van der Waals surface area (Å²) in [5, 5.41) is 11.5. The van der Waals surface area contributed by atoms with Crippen molar-refractivity contribution in [3.8, 4) is 5.69 Å². The van der Waals surface area contributed by atoms with Gasteiger partial charge in [-0.3, -0.25) is 9.59 Å². The zero-order chi connectivity index (χ0) is 17.3. The molecule has 1 aliphatic heterocycles. The van der Waals surface area contributed by atoms with Gasteiger partial charge in [0, 0.05) is 18.1 Å². The van der Waals surface area contributed by atoms with E-state index >= 15 is 0 Å². The summed E-state index contributed by atoms with van der Waals surface area (Å²) >= 11 is 6.01. The minimum atomic E-state index is -0.532. The SMILES string of the molecule is Cc1c(C(=O)N2CCCNC(=O)[C@@H]2C)nnn1-c1cccc(Cl)c1. The lowest BCUT2D eigenvalue weighted by Gasteiger charge is -2.24. The van der Waals surface area contributed by atoms with Gasteiger partial charge in [0.25, 0.3) is 5.91 Å². The van der Waals surface area contributed by atoms with Crippen molar-refractivity contribution in [2.75, 3.05) is 13.1 Å². The molecule has 0 bridgehead atoms. The molecule has 7 nitrogen and oxygen atoms in total. The number of rotatable bonds is 2. The number of amides is 2. The van der Waals surface area contributed by atoms with E-state index in [-0.39, 0.29) is 17.5 Å². The Bertz CT molecular complexity index is 789. The van der Waals surface area contributed by atoms with Gasteiger partial charge in [-0.05, 0) is 38.5 Å². The van der Waals surface area contributed by atoms with E-state index in [0.717, 1.165) is 5.69 Å². The molecule has 1 aromatic heterocycles. The standard InChI is InChI=1S/C16H18ClN5O2/c1-10-14(16(24)21-8-4-7-18-15(23)11(21)2)19-20-22(10)13-6-3-5-12(17)9-13/h3,5-6,9,11H,4,7-8H2,1-2H3,(H,18,23)/t11-/m0/s1. The Morgan fingerprint density at radius 3 is 2.96 bits per heavy atom. The first kappa shape index (κ1) is 16.4. The van der Waals surface area contributed by atoms with Crippen molar-refractivity contribution in [1.29, 1.82) is 0 Å². The molecule has 126 valence electrons. The minimum absolute atomic E-state index is 0.152. The number of carbonyl (C=O) groups excluding carboxylic acids is 2. The number of nitrogens with one attached hydrogen (secondary N) is 1. The van der Waals surface area contributed by atoms with Crippen molar-refractivity contribution in [2.45, 2.75) is 26.3 Å². The van der Waals surface area contributed by atoms with Gasteiger partial charge in [0.1, 0.15) is 6.04 Å². The maximum absolute atomic E-state index is 12.8. The highest BCUT2D eigenvalue weighted by Crippen LogP contribution is 2.18. The lowest BCUT2D eigenvalue weighted by molar-refractivity contribution is -0.124. The first-order valence-corrected chi connectivity index (χ1v) is 8.13. The monoisotopic (exact) mass is 347 g/mol. The van der Waals surface area contributed by atoms with Gasteiger partial charge < -0.3 is 10.2 Å². The summed E-state index contributed by atoms with van der Waals surface area (Å²) in [6, 6.07) is 6.63. The largest absolute Gasteiger partial charge is 0.354 e. The molecule has 0 unspecified atom stereocenters. The first-order chi connectivity index (χ1) is 11.5. The predicted molar refractivity (Wildman–Crippen MR) is 89.2 cm³/mol. The summed E-state index contributed by atoms with van der Waals surface area (Å²) in [5.41, 5.74) is 1.59.